The van der Waals surface area contributed by atoms with Gasteiger partial charge in [-0.15, -0.1) is 0 Å². The summed E-state index contributed by atoms with van der Waals surface area (Å²) in [6, 6.07) is 8.13. The van der Waals surface area contributed by atoms with Crippen LogP contribution < -0.4 is 0 Å². The van der Waals surface area contributed by atoms with Crippen molar-refractivity contribution in [1.82, 2.24) is 4.90 Å². The van der Waals surface area contributed by atoms with Gasteiger partial charge in [0.1, 0.15) is 0 Å². The maximum absolute atomic E-state index is 12.0. The Balaban J connectivity index is 2.16. The van der Waals surface area contributed by atoms with Crippen molar-refractivity contribution in [3.05, 3.63) is 47.0 Å². The van der Waals surface area contributed by atoms with Crippen molar-refractivity contribution in [3.8, 4) is 0 Å². The van der Waals surface area contributed by atoms with Crippen molar-refractivity contribution < 1.29 is 4.79 Å². The largest absolute Gasteiger partial charge is 0.328 e. The van der Waals surface area contributed by atoms with E-state index < -0.39 is 0 Å². The van der Waals surface area contributed by atoms with Crippen LogP contribution >= 0.6 is 0 Å². The van der Waals surface area contributed by atoms with Gasteiger partial charge in [0.25, 0.3) is 5.91 Å². The lowest BCUT2D eigenvalue weighted by molar-refractivity contribution is 0.0746. The molecule has 0 N–H and O–H groups in total. The van der Waals surface area contributed by atoms with E-state index in [4.69, 9.17) is 0 Å². The van der Waals surface area contributed by atoms with E-state index in [-0.39, 0.29) is 11.9 Å². The molecule has 1 amide bonds. The molecular formula is C13H13NO. The number of fused-ring (bicyclic) bond motifs is 3. The first-order valence-corrected chi connectivity index (χ1v) is 5.34. The predicted molar refractivity (Wildman–Crippen MR) is 58.6 cm³/mol. The van der Waals surface area contributed by atoms with Crippen LogP contribution in [0.4, 0.5) is 0 Å². The molecule has 0 aromatic heterocycles. The van der Waals surface area contributed by atoms with Gasteiger partial charge in [0.05, 0.1) is 6.04 Å². The van der Waals surface area contributed by atoms with Crippen molar-refractivity contribution in [2.24, 2.45) is 0 Å². The lowest BCUT2D eigenvalue weighted by Gasteiger charge is -2.27. The molecule has 0 spiro atoms. The van der Waals surface area contributed by atoms with Gasteiger partial charge in [0.2, 0.25) is 0 Å². The van der Waals surface area contributed by atoms with Crippen LogP contribution in [0.2, 0.25) is 0 Å². The number of carbonyl (C=O) groups is 1. The molecule has 3 rings (SSSR count). The molecule has 1 atom stereocenters. The van der Waals surface area contributed by atoms with E-state index in [2.05, 4.69) is 19.1 Å². The maximum Gasteiger partial charge on any atom is 0.254 e. The summed E-state index contributed by atoms with van der Waals surface area (Å²) in [5, 5.41) is 0. The summed E-state index contributed by atoms with van der Waals surface area (Å²) in [5.74, 6) is 0.194. The molecule has 0 saturated heterocycles. The molecule has 2 aliphatic rings. The molecule has 2 heterocycles. The molecule has 0 radical (unpaired) electrons. The topological polar surface area (TPSA) is 20.3 Å². The van der Waals surface area contributed by atoms with Crippen LogP contribution in [0.1, 0.15) is 35.3 Å². The fourth-order valence-corrected chi connectivity index (χ4v) is 2.47. The van der Waals surface area contributed by atoms with Crippen molar-refractivity contribution in [3.63, 3.8) is 0 Å². The number of hydrogen-bond acceptors (Lipinski definition) is 1. The van der Waals surface area contributed by atoms with E-state index in [1.54, 1.807) is 0 Å². The molecule has 2 aliphatic heterocycles. The highest BCUT2D eigenvalue weighted by Crippen LogP contribution is 2.37. The second-order valence-corrected chi connectivity index (χ2v) is 4.29. The van der Waals surface area contributed by atoms with Gasteiger partial charge in [-0.05, 0) is 25.0 Å². The number of carbonyl (C=O) groups excluding carboxylic acids is 1. The number of nitrogens with zero attached hydrogens (tertiary/aromatic N) is 1. The maximum atomic E-state index is 12.0. The van der Waals surface area contributed by atoms with Crippen LogP contribution in [0.3, 0.4) is 0 Å². The van der Waals surface area contributed by atoms with Crippen LogP contribution in [0, 0.1) is 0 Å². The third kappa shape index (κ3) is 1.14. The quantitative estimate of drug-likeness (QED) is 0.588. The second-order valence-electron chi connectivity index (χ2n) is 4.29. The van der Waals surface area contributed by atoms with Crippen LogP contribution in [0.5, 0.6) is 0 Å². The van der Waals surface area contributed by atoms with Gasteiger partial charge in [0.15, 0.2) is 0 Å². The lowest BCUT2D eigenvalue weighted by Crippen LogP contribution is -2.31. The van der Waals surface area contributed by atoms with E-state index in [0.29, 0.717) is 0 Å². The minimum Gasteiger partial charge on any atom is -0.328 e. The van der Waals surface area contributed by atoms with Crippen LogP contribution in [0.25, 0.3) is 0 Å². The average Bonchev–Trinajstić information content (AvgIpc) is 2.54. The van der Waals surface area contributed by atoms with Gasteiger partial charge < -0.3 is 4.90 Å². The Labute approximate surface area is 89.2 Å². The van der Waals surface area contributed by atoms with Crippen molar-refractivity contribution in [2.45, 2.75) is 19.4 Å². The number of benzene rings is 1. The second kappa shape index (κ2) is 2.96. The highest BCUT2D eigenvalue weighted by molar-refractivity contribution is 5.99. The molecule has 1 aromatic rings. The number of amides is 1. The van der Waals surface area contributed by atoms with Gasteiger partial charge in [0, 0.05) is 12.1 Å². The molecule has 76 valence electrons. The van der Waals surface area contributed by atoms with E-state index in [0.717, 1.165) is 18.5 Å². The molecule has 2 nitrogen and oxygen atoms in total. The zero-order valence-corrected chi connectivity index (χ0v) is 8.73. The highest BCUT2D eigenvalue weighted by Gasteiger charge is 2.36. The normalized spacial score (nSPS) is 23.5. The summed E-state index contributed by atoms with van der Waals surface area (Å²) in [6.45, 7) is 3.00. The van der Waals surface area contributed by atoms with Crippen molar-refractivity contribution >= 4 is 5.91 Å². The molecule has 0 fully saturated rings. The van der Waals surface area contributed by atoms with Gasteiger partial charge in [-0.25, -0.2) is 0 Å². The van der Waals surface area contributed by atoms with Crippen molar-refractivity contribution in [2.75, 3.05) is 6.54 Å². The average molecular weight is 199 g/mol. The fourth-order valence-electron chi connectivity index (χ4n) is 2.47. The summed E-state index contributed by atoms with van der Waals surface area (Å²) < 4.78 is 0. The lowest BCUT2D eigenvalue weighted by atomic mass is 9.99. The minimum atomic E-state index is 0.194. The van der Waals surface area contributed by atoms with Crippen LogP contribution in [-0.4, -0.2) is 17.4 Å². The minimum absolute atomic E-state index is 0.194. The first-order valence-electron chi connectivity index (χ1n) is 5.34. The fraction of sp³-hybridized carbons (Fsp3) is 0.308. The Kier molecular flexibility index (Phi) is 1.72. The molecular weight excluding hydrogens is 186 g/mol. The zero-order chi connectivity index (χ0) is 10.4. The smallest absolute Gasteiger partial charge is 0.254 e. The summed E-state index contributed by atoms with van der Waals surface area (Å²) in [6.07, 6.45) is 3.23. The zero-order valence-electron chi connectivity index (χ0n) is 8.73. The molecule has 0 aliphatic carbocycles. The molecule has 2 heteroatoms. The standard InChI is InChI=1S/C13H13NO/c1-9-6-7-14-12(8-9)10-4-2-3-5-11(10)13(14)15/h2-5,8,12H,6-7H2,1H3. The van der Waals surface area contributed by atoms with Gasteiger partial charge in [-0.3, -0.25) is 4.79 Å². The summed E-state index contributed by atoms with van der Waals surface area (Å²) in [5.41, 5.74) is 3.44. The van der Waals surface area contributed by atoms with Crippen LogP contribution in [-0.2, 0) is 0 Å². The molecule has 0 saturated carbocycles. The summed E-state index contributed by atoms with van der Waals surface area (Å²) in [7, 11) is 0. The van der Waals surface area contributed by atoms with E-state index in [1.165, 1.54) is 11.1 Å². The first-order chi connectivity index (χ1) is 7.27. The summed E-state index contributed by atoms with van der Waals surface area (Å²) >= 11 is 0. The first kappa shape index (κ1) is 8.72. The highest BCUT2D eigenvalue weighted by atomic mass is 16.2. The number of hydrogen-bond donors (Lipinski definition) is 0. The van der Waals surface area contributed by atoms with Crippen molar-refractivity contribution in [1.29, 1.82) is 0 Å². The predicted octanol–water partition coefficient (Wildman–Crippen LogP) is 2.53. The monoisotopic (exact) mass is 199 g/mol. The Morgan fingerprint density at radius 2 is 2.13 bits per heavy atom. The van der Waals surface area contributed by atoms with Crippen LogP contribution in [0.15, 0.2) is 35.9 Å². The number of rotatable bonds is 0. The van der Waals surface area contributed by atoms with Gasteiger partial charge in [-0.1, -0.05) is 29.8 Å². The Morgan fingerprint density at radius 3 is 3.00 bits per heavy atom. The third-order valence-electron chi connectivity index (χ3n) is 3.30. The Morgan fingerprint density at radius 1 is 1.33 bits per heavy atom. The third-order valence-corrected chi connectivity index (χ3v) is 3.30. The van der Waals surface area contributed by atoms with Gasteiger partial charge >= 0.3 is 0 Å². The van der Waals surface area contributed by atoms with E-state index in [1.807, 2.05) is 23.1 Å². The molecule has 0 bridgehead atoms. The van der Waals surface area contributed by atoms with Gasteiger partial charge in [-0.2, -0.15) is 0 Å². The van der Waals surface area contributed by atoms with E-state index in [9.17, 15) is 4.79 Å². The molecule has 1 aromatic carbocycles. The molecule has 1 unspecified atom stereocenters. The molecule has 15 heavy (non-hydrogen) atoms. The SMILES string of the molecule is CC1=CC2c3ccccc3C(=O)N2CC1. The summed E-state index contributed by atoms with van der Waals surface area (Å²) in [4.78, 5) is 14.0. The Bertz CT molecular complexity index is 461. The Hall–Kier alpha value is -1.57. The van der Waals surface area contributed by atoms with E-state index >= 15 is 0 Å².